The second-order valence-electron chi connectivity index (χ2n) is 2.88. The van der Waals surface area contributed by atoms with Gasteiger partial charge in [-0.2, -0.15) is 0 Å². The van der Waals surface area contributed by atoms with E-state index in [0.29, 0.717) is 0 Å². The molecule has 0 saturated heterocycles. The van der Waals surface area contributed by atoms with Crippen LogP contribution in [0.15, 0.2) is 9.21 Å². The molecule has 0 aliphatic heterocycles. The van der Waals surface area contributed by atoms with Gasteiger partial charge in [-0.1, -0.05) is 0 Å². The summed E-state index contributed by atoms with van der Waals surface area (Å²) in [5.41, 5.74) is -0.662. The molecule has 1 aromatic heterocycles. The van der Waals surface area contributed by atoms with Crippen molar-refractivity contribution in [1.29, 1.82) is 0 Å². The van der Waals surface area contributed by atoms with Crippen molar-refractivity contribution in [2.24, 2.45) is 0 Å². The lowest BCUT2D eigenvalue weighted by Gasteiger charge is -2.11. The number of hydrogen-bond acceptors (Lipinski definition) is 6. The Kier molecular flexibility index (Phi) is 3.98. The highest BCUT2D eigenvalue weighted by Gasteiger charge is 2.17. The van der Waals surface area contributed by atoms with E-state index in [1.807, 2.05) is 0 Å². The van der Waals surface area contributed by atoms with Crippen molar-refractivity contribution in [2.75, 3.05) is 0 Å². The minimum absolute atomic E-state index is 0.0937. The number of aliphatic hydroxyl groups is 4. The molecule has 1 aromatic rings. The number of hydrogen-bond donors (Lipinski definition) is 4. The summed E-state index contributed by atoms with van der Waals surface area (Å²) in [5, 5.41) is 35.8. The van der Waals surface area contributed by atoms with Crippen LogP contribution in [0.5, 0.6) is 0 Å². The molecule has 0 fully saturated rings. The van der Waals surface area contributed by atoms with Crippen molar-refractivity contribution in [3.05, 3.63) is 32.9 Å². The fraction of sp³-hybridized carbons (Fsp3) is 0.444. The van der Waals surface area contributed by atoms with E-state index in [-0.39, 0.29) is 22.5 Å². The van der Waals surface area contributed by atoms with Crippen LogP contribution in [0.2, 0.25) is 0 Å². The van der Waals surface area contributed by atoms with Gasteiger partial charge in [-0.15, -0.1) is 0 Å². The van der Waals surface area contributed by atoms with Gasteiger partial charge in [-0.25, -0.2) is 4.79 Å². The topological polar surface area (TPSA) is 111 Å². The van der Waals surface area contributed by atoms with Gasteiger partial charge in [0.2, 0.25) is 0 Å². The van der Waals surface area contributed by atoms with E-state index < -0.39 is 32.1 Å². The Bertz CT molecular complexity index is 394. The molecule has 0 unspecified atom stereocenters. The summed E-state index contributed by atoms with van der Waals surface area (Å²) in [6.45, 7) is -2.13. The lowest BCUT2D eigenvalue weighted by Crippen LogP contribution is -2.17. The fourth-order valence-electron chi connectivity index (χ4n) is 1.37. The molecular formula is C9H12O6. The van der Waals surface area contributed by atoms with E-state index >= 15 is 0 Å². The Balaban J connectivity index is 3.52. The lowest BCUT2D eigenvalue weighted by atomic mass is 10.0. The van der Waals surface area contributed by atoms with Crippen molar-refractivity contribution in [3.63, 3.8) is 0 Å². The minimum atomic E-state index is -0.817. The second kappa shape index (κ2) is 5.04. The minimum Gasteiger partial charge on any atom is -0.425 e. The van der Waals surface area contributed by atoms with Crippen LogP contribution >= 0.6 is 0 Å². The normalized spacial score (nSPS) is 10.7. The van der Waals surface area contributed by atoms with Crippen LogP contribution in [0.3, 0.4) is 0 Å². The van der Waals surface area contributed by atoms with Crippen LogP contribution in [-0.2, 0) is 26.4 Å². The first-order valence-electron chi connectivity index (χ1n) is 4.29. The molecule has 6 heteroatoms. The molecule has 15 heavy (non-hydrogen) atoms. The maximum absolute atomic E-state index is 11.2. The van der Waals surface area contributed by atoms with Crippen molar-refractivity contribution < 1.29 is 24.8 Å². The summed E-state index contributed by atoms with van der Waals surface area (Å²) in [6.07, 6.45) is 0. The molecule has 0 aromatic carbocycles. The fourth-order valence-corrected chi connectivity index (χ4v) is 1.37. The molecule has 0 aliphatic rings. The molecule has 4 N–H and O–H groups in total. The maximum Gasteiger partial charge on any atom is 0.341 e. The van der Waals surface area contributed by atoms with E-state index in [4.69, 9.17) is 20.4 Å². The standard InChI is InChI=1S/C9H12O6/c10-1-5-6(2-11)8(4-13)15-9(14)7(5)3-12/h10-13H,1-4H2. The molecular weight excluding hydrogens is 204 g/mol. The summed E-state index contributed by atoms with van der Waals surface area (Å²) in [6, 6.07) is 0. The summed E-state index contributed by atoms with van der Waals surface area (Å²) < 4.78 is 4.68. The third kappa shape index (κ3) is 2.07. The van der Waals surface area contributed by atoms with Crippen molar-refractivity contribution in [1.82, 2.24) is 0 Å². The van der Waals surface area contributed by atoms with Crippen molar-refractivity contribution in [2.45, 2.75) is 26.4 Å². The average molecular weight is 216 g/mol. The van der Waals surface area contributed by atoms with Crippen LogP contribution in [0.25, 0.3) is 0 Å². The Morgan fingerprint density at radius 2 is 1.33 bits per heavy atom. The highest BCUT2D eigenvalue weighted by atomic mass is 16.4. The van der Waals surface area contributed by atoms with Crippen LogP contribution in [0.1, 0.15) is 22.5 Å². The summed E-state index contributed by atoms with van der Waals surface area (Å²) >= 11 is 0. The summed E-state index contributed by atoms with van der Waals surface area (Å²) in [4.78, 5) is 11.2. The van der Waals surface area contributed by atoms with Gasteiger partial charge in [0.05, 0.1) is 25.4 Å². The first kappa shape index (κ1) is 11.9. The Labute approximate surface area is 85.0 Å². The predicted octanol–water partition coefficient (Wildman–Crippen LogP) is -1.39. The molecule has 0 aliphatic carbocycles. The second-order valence-corrected chi connectivity index (χ2v) is 2.88. The quantitative estimate of drug-likeness (QED) is 0.493. The van der Waals surface area contributed by atoms with E-state index in [1.54, 1.807) is 0 Å². The predicted molar refractivity (Wildman–Crippen MR) is 48.7 cm³/mol. The third-order valence-corrected chi connectivity index (χ3v) is 2.15. The first-order chi connectivity index (χ1) is 7.19. The molecule has 0 amide bonds. The average Bonchev–Trinajstić information content (AvgIpc) is 2.27. The van der Waals surface area contributed by atoms with Crippen LogP contribution < -0.4 is 5.63 Å². The van der Waals surface area contributed by atoms with E-state index in [2.05, 4.69) is 4.42 Å². The van der Waals surface area contributed by atoms with Gasteiger partial charge in [0.1, 0.15) is 12.4 Å². The Morgan fingerprint density at radius 1 is 0.800 bits per heavy atom. The zero-order valence-corrected chi connectivity index (χ0v) is 7.93. The SMILES string of the molecule is O=c1oc(CO)c(CO)c(CO)c1CO. The van der Waals surface area contributed by atoms with Crippen molar-refractivity contribution >= 4 is 0 Å². The monoisotopic (exact) mass is 216 g/mol. The van der Waals surface area contributed by atoms with Gasteiger partial charge in [0.15, 0.2) is 0 Å². The lowest BCUT2D eigenvalue weighted by molar-refractivity contribution is 0.206. The van der Waals surface area contributed by atoms with Gasteiger partial charge < -0.3 is 24.8 Å². The largest absolute Gasteiger partial charge is 0.425 e. The zero-order chi connectivity index (χ0) is 11.4. The molecule has 0 radical (unpaired) electrons. The molecule has 1 heterocycles. The first-order valence-corrected chi connectivity index (χ1v) is 4.29. The number of rotatable bonds is 4. The van der Waals surface area contributed by atoms with Gasteiger partial charge in [0.25, 0.3) is 0 Å². The molecule has 0 bridgehead atoms. The van der Waals surface area contributed by atoms with Crippen LogP contribution in [0.4, 0.5) is 0 Å². The molecule has 0 atom stereocenters. The Hall–Kier alpha value is -1.21. The van der Waals surface area contributed by atoms with E-state index in [0.717, 1.165) is 0 Å². The van der Waals surface area contributed by atoms with Gasteiger partial charge in [0, 0.05) is 5.56 Å². The summed E-state index contributed by atoms with van der Waals surface area (Å²) in [5.74, 6) is -0.0937. The molecule has 0 spiro atoms. The molecule has 6 nitrogen and oxygen atoms in total. The Morgan fingerprint density at radius 3 is 1.73 bits per heavy atom. The van der Waals surface area contributed by atoms with Crippen LogP contribution in [0, 0.1) is 0 Å². The van der Waals surface area contributed by atoms with E-state index in [1.165, 1.54) is 0 Å². The van der Waals surface area contributed by atoms with Gasteiger partial charge in [-0.05, 0) is 5.56 Å². The van der Waals surface area contributed by atoms with Gasteiger partial charge in [-0.3, -0.25) is 0 Å². The highest BCUT2D eigenvalue weighted by molar-refractivity contribution is 5.33. The zero-order valence-electron chi connectivity index (χ0n) is 7.93. The molecule has 84 valence electrons. The summed E-state index contributed by atoms with van der Waals surface area (Å²) in [7, 11) is 0. The highest BCUT2D eigenvalue weighted by Crippen LogP contribution is 2.17. The third-order valence-electron chi connectivity index (χ3n) is 2.15. The van der Waals surface area contributed by atoms with Crippen LogP contribution in [-0.4, -0.2) is 20.4 Å². The number of aliphatic hydroxyl groups excluding tert-OH is 4. The molecule has 1 rings (SSSR count). The smallest absolute Gasteiger partial charge is 0.341 e. The van der Waals surface area contributed by atoms with Crippen molar-refractivity contribution in [3.8, 4) is 0 Å². The molecule has 0 saturated carbocycles. The van der Waals surface area contributed by atoms with E-state index in [9.17, 15) is 4.79 Å². The maximum atomic E-state index is 11.2. The van der Waals surface area contributed by atoms with Gasteiger partial charge >= 0.3 is 5.63 Å².